The second-order valence-corrected chi connectivity index (χ2v) is 2.17. The highest BCUT2D eigenvalue weighted by atomic mass is 35.5. The van der Waals surface area contributed by atoms with E-state index in [0.29, 0.717) is 5.88 Å². The lowest BCUT2D eigenvalue weighted by molar-refractivity contribution is 1.50. The van der Waals surface area contributed by atoms with Crippen molar-refractivity contribution < 1.29 is 0 Å². The van der Waals surface area contributed by atoms with Gasteiger partial charge in [-0.15, -0.1) is 11.6 Å². The van der Waals surface area contributed by atoms with Crippen LogP contribution >= 0.6 is 11.6 Å². The first-order valence-corrected chi connectivity index (χ1v) is 3.89. The molecule has 0 aliphatic heterocycles. The standard InChI is InChI=1S/C9H13Cl/c1-3-5-7-9(8-10)6-4-2/h3-7H,8H2,1-2H3/b5-3?,6-4-,9-7+. The van der Waals surface area contributed by atoms with Crippen molar-refractivity contribution in [3.8, 4) is 0 Å². The average molecular weight is 157 g/mol. The van der Waals surface area contributed by atoms with E-state index in [2.05, 4.69) is 0 Å². The summed E-state index contributed by atoms with van der Waals surface area (Å²) in [5.74, 6) is 0.578. The Morgan fingerprint density at radius 3 is 2.40 bits per heavy atom. The molecule has 0 saturated carbocycles. The smallest absolute Gasteiger partial charge is 0.0473 e. The molecule has 0 saturated heterocycles. The van der Waals surface area contributed by atoms with Crippen LogP contribution in [0.5, 0.6) is 0 Å². The molecule has 0 fully saturated rings. The molecule has 0 atom stereocenters. The molecule has 0 unspecified atom stereocenters. The zero-order chi connectivity index (χ0) is 7.82. The Labute approximate surface area is 67.9 Å². The van der Waals surface area contributed by atoms with Crippen LogP contribution < -0.4 is 0 Å². The summed E-state index contributed by atoms with van der Waals surface area (Å²) < 4.78 is 0. The number of hydrogen-bond donors (Lipinski definition) is 0. The summed E-state index contributed by atoms with van der Waals surface area (Å²) in [5, 5.41) is 0. The van der Waals surface area contributed by atoms with E-state index in [-0.39, 0.29) is 0 Å². The molecule has 0 spiro atoms. The minimum Gasteiger partial charge on any atom is -0.122 e. The van der Waals surface area contributed by atoms with E-state index in [1.54, 1.807) is 0 Å². The fraction of sp³-hybridized carbons (Fsp3) is 0.333. The van der Waals surface area contributed by atoms with Gasteiger partial charge in [0.25, 0.3) is 0 Å². The number of rotatable bonds is 3. The molecule has 0 aromatic heterocycles. The maximum absolute atomic E-state index is 5.63. The molecule has 0 aromatic carbocycles. The molecule has 10 heavy (non-hydrogen) atoms. The molecule has 0 aliphatic carbocycles. The molecule has 0 aliphatic rings. The van der Waals surface area contributed by atoms with Crippen molar-refractivity contribution in [3.05, 3.63) is 36.0 Å². The van der Waals surface area contributed by atoms with Gasteiger partial charge in [0, 0.05) is 5.88 Å². The van der Waals surface area contributed by atoms with Crippen LogP contribution in [-0.4, -0.2) is 5.88 Å². The lowest BCUT2D eigenvalue weighted by Crippen LogP contribution is -1.76. The molecule has 0 rings (SSSR count). The van der Waals surface area contributed by atoms with Gasteiger partial charge in [-0.2, -0.15) is 0 Å². The highest BCUT2D eigenvalue weighted by Gasteiger charge is 1.83. The van der Waals surface area contributed by atoms with Crippen molar-refractivity contribution in [1.29, 1.82) is 0 Å². The van der Waals surface area contributed by atoms with Gasteiger partial charge in [0.1, 0.15) is 0 Å². The minimum atomic E-state index is 0.578. The molecule has 0 bridgehead atoms. The van der Waals surface area contributed by atoms with Crippen LogP contribution in [0.3, 0.4) is 0 Å². The number of alkyl halides is 1. The van der Waals surface area contributed by atoms with Gasteiger partial charge in [-0.05, 0) is 19.4 Å². The second kappa shape index (κ2) is 6.63. The first kappa shape index (κ1) is 9.51. The summed E-state index contributed by atoms with van der Waals surface area (Å²) >= 11 is 5.63. The molecule has 0 amide bonds. The monoisotopic (exact) mass is 156 g/mol. The highest BCUT2D eigenvalue weighted by molar-refractivity contribution is 6.19. The Hall–Kier alpha value is -0.490. The van der Waals surface area contributed by atoms with E-state index in [1.165, 1.54) is 0 Å². The highest BCUT2D eigenvalue weighted by Crippen LogP contribution is 1.99. The predicted molar refractivity (Wildman–Crippen MR) is 48.4 cm³/mol. The van der Waals surface area contributed by atoms with Crippen LogP contribution in [0.1, 0.15) is 13.8 Å². The van der Waals surface area contributed by atoms with Gasteiger partial charge in [0.05, 0.1) is 0 Å². The Bertz CT molecular complexity index is 152. The van der Waals surface area contributed by atoms with E-state index >= 15 is 0 Å². The third kappa shape index (κ3) is 4.39. The van der Waals surface area contributed by atoms with Gasteiger partial charge >= 0.3 is 0 Å². The van der Waals surface area contributed by atoms with E-state index in [9.17, 15) is 0 Å². The maximum Gasteiger partial charge on any atom is 0.0473 e. The zero-order valence-electron chi connectivity index (χ0n) is 6.47. The Morgan fingerprint density at radius 1 is 1.30 bits per heavy atom. The van der Waals surface area contributed by atoms with Crippen LogP contribution in [0.25, 0.3) is 0 Å². The Morgan fingerprint density at radius 2 is 2.00 bits per heavy atom. The lowest BCUT2D eigenvalue weighted by Gasteiger charge is -1.89. The van der Waals surface area contributed by atoms with Crippen LogP contribution in [-0.2, 0) is 0 Å². The van der Waals surface area contributed by atoms with E-state index in [1.807, 2.05) is 44.2 Å². The van der Waals surface area contributed by atoms with E-state index < -0.39 is 0 Å². The van der Waals surface area contributed by atoms with Crippen LogP contribution in [0.4, 0.5) is 0 Å². The van der Waals surface area contributed by atoms with Gasteiger partial charge < -0.3 is 0 Å². The third-order valence-corrected chi connectivity index (χ3v) is 1.35. The summed E-state index contributed by atoms with van der Waals surface area (Å²) in [5.41, 5.74) is 1.14. The quantitative estimate of drug-likeness (QED) is 0.435. The second-order valence-electron chi connectivity index (χ2n) is 1.90. The van der Waals surface area contributed by atoms with E-state index in [0.717, 1.165) is 5.57 Å². The van der Waals surface area contributed by atoms with Gasteiger partial charge in [0.15, 0.2) is 0 Å². The molecule has 0 N–H and O–H groups in total. The normalized spacial score (nSPS) is 13.7. The molecular weight excluding hydrogens is 144 g/mol. The van der Waals surface area contributed by atoms with Crippen LogP contribution in [0.15, 0.2) is 36.0 Å². The topological polar surface area (TPSA) is 0 Å². The fourth-order valence-corrected chi connectivity index (χ4v) is 0.757. The predicted octanol–water partition coefficient (Wildman–Crippen LogP) is 3.30. The van der Waals surface area contributed by atoms with Gasteiger partial charge in [-0.1, -0.05) is 30.4 Å². The number of allylic oxidation sites excluding steroid dienone is 6. The van der Waals surface area contributed by atoms with Crippen LogP contribution in [0, 0.1) is 0 Å². The number of halogens is 1. The molecule has 0 radical (unpaired) electrons. The van der Waals surface area contributed by atoms with Crippen molar-refractivity contribution in [1.82, 2.24) is 0 Å². The number of hydrogen-bond acceptors (Lipinski definition) is 0. The molecule has 56 valence electrons. The van der Waals surface area contributed by atoms with Gasteiger partial charge in [-0.25, -0.2) is 0 Å². The van der Waals surface area contributed by atoms with Gasteiger partial charge in [0.2, 0.25) is 0 Å². The summed E-state index contributed by atoms with van der Waals surface area (Å²) in [6.07, 6.45) is 9.96. The fourth-order valence-electron chi connectivity index (χ4n) is 0.579. The van der Waals surface area contributed by atoms with E-state index in [4.69, 9.17) is 11.6 Å². The Kier molecular flexibility index (Phi) is 6.30. The van der Waals surface area contributed by atoms with Crippen molar-refractivity contribution >= 4 is 11.6 Å². The maximum atomic E-state index is 5.63. The summed E-state index contributed by atoms with van der Waals surface area (Å²) in [7, 11) is 0. The van der Waals surface area contributed by atoms with Gasteiger partial charge in [-0.3, -0.25) is 0 Å². The van der Waals surface area contributed by atoms with Crippen molar-refractivity contribution in [3.63, 3.8) is 0 Å². The van der Waals surface area contributed by atoms with Crippen LogP contribution in [0.2, 0.25) is 0 Å². The first-order valence-electron chi connectivity index (χ1n) is 3.35. The third-order valence-electron chi connectivity index (χ3n) is 1.04. The van der Waals surface area contributed by atoms with Crippen molar-refractivity contribution in [2.24, 2.45) is 0 Å². The SMILES string of the molecule is CC=C/C=C(\C=C/C)CCl. The summed E-state index contributed by atoms with van der Waals surface area (Å²) in [6, 6.07) is 0. The molecule has 0 aromatic rings. The molecule has 1 heteroatoms. The van der Waals surface area contributed by atoms with Crippen molar-refractivity contribution in [2.75, 3.05) is 5.88 Å². The zero-order valence-corrected chi connectivity index (χ0v) is 7.23. The minimum absolute atomic E-state index is 0.578. The first-order chi connectivity index (χ1) is 4.85. The largest absolute Gasteiger partial charge is 0.122 e. The summed E-state index contributed by atoms with van der Waals surface area (Å²) in [6.45, 7) is 3.97. The van der Waals surface area contributed by atoms with Crippen molar-refractivity contribution in [2.45, 2.75) is 13.8 Å². The average Bonchev–Trinajstić information content (AvgIpc) is 1.98. The molecule has 0 nitrogen and oxygen atoms in total. The molecular formula is C9H13Cl. The summed E-state index contributed by atoms with van der Waals surface area (Å²) in [4.78, 5) is 0. The molecule has 0 heterocycles. The lowest BCUT2D eigenvalue weighted by atomic mass is 10.2. The Balaban J connectivity index is 4.04.